The first kappa shape index (κ1) is 15.7. The number of methoxy groups -OCH3 is 1. The van der Waals surface area contributed by atoms with Crippen LogP contribution >= 0.6 is 0 Å². The summed E-state index contributed by atoms with van der Waals surface area (Å²) in [5, 5.41) is 0. The monoisotopic (exact) mass is 285 g/mol. The van der Waals surface area contributed by atoms with E-state index in [-0.39, 0.29) is 16.5 Å². The Bertz CT molecular complexity index is 566. The fourth-order valence-electron chi connectivity index (χ4n) is 1.51. The molecule has 1 aromatic carbocycles. The highest BCUT2D eigenvalue weighted by Gasteiger charge is 2.19. The molecule has 1 atom stereocenters. The minimum atomic E-state index is -3.61. The summed E-state index contributed by atoms with van der Waals surface area (Å²) in [5.41, 5.74) is 0.934. The first-order chi connectivity index (χ1) is 8.81. The van der Waals surface area contributed by atoms with Crippen LogP contribution in [-0.4, -0.2) is 27.5 Å². The summed E-state index contributed by atoms with van der Waals surface area (Å²) in [6, 6.07) is 4.25. The molecular weight excluding hydrogens is 266 g/mol. The molecule has 0 saturated heterocycles. The minimum absolute atomic E-state index is 0.0683. The van der Waals surface area contributed by atoms with Crippen LogP contribution in [0.5, 0.6) is 0 Å². The van der Waals surface area contributed by atoms with Crippen molar-refractivity contribution in [2.75, 3.05) is 7.11 Å². The number of aryl methyl sites for hydroxylation is 1. The lowest BCUT2D eigenvalue weighted by molar-refractivity contribution is 0.0599. The molecule has 1 aromatic rings. The number of sulfonamides is 1. The molecule has 0 heterocycles. The highest BCUT2D eigenvalue weighted by atomic mass is 32.2. The van der Waals surface area contributed by atoms with Crippen LogP contribution in [0.2, 0.25) is 0 Å². The first-order valence-electron chi connectivity index (χ1n) is 6.03. The van der Waals surface area contributed by atoms with E-state index in [0.717, 1.165) is 0 Å². The van der Waals surface area contributed by atoms with Crippen LogP contribution in [0.4, 0.5) is 0 Å². The normalized spacial score (nSPS) is 13.1. The van der Waals surface area contributed by atoms with Crippen molar-refractivity contribution in [1.82, 2.24) is 4.72 Å². The highest BCUT2D eigenvalue weighted by molar-refractivity contribution is 7.89. The van der Waals surface area contributed by atoms with Crippen LogP contribution in [0.15, 0.2) is 23.1 Å². The average Bonchev–Trinajstić information content (AvgIpc) is 2.37. The van der Waals surface area contributed by atoms with Gasteiger partial charge in [0.15, 0.2) is 0 Å². The van der Waals surface area contributed by atoms with Crippen molar-refractivity contribution >= 4 is 16.0 Å². The molecule has 0 radical (unpaired) electrons. The summed E-state index contributed by atoms with van der Waals surface area (Å²) in [6.07, 6.45) is 0.689. The second kappa shape index (κ2) is 6.16. The maximum Gasteiger partial charge on any atom is 0.338 e. The van der Waals surface area contributed by atoms with E-state index in [0.29, 0.717) is 12.0 Å². The zero-order valence-corrected chi connectivity index (χ0v) is 12.4. The third-order valence-electron chi connectivity index (χ3n) is 2.89. The number of benzene rings is 1. The fourth-order valence-corrected chi connectivity index (χ4v) is 2.87. The summed E-state index contributed by atoms with van der Waals surface area (Å²) < 4.78 is 31.4. The predicted octanol–water partition coefficient (Wildman–Crippen LogP) is 1.86. The molecule has 0 saturated carbocycles. The van der Waals surface area contributed by atoms with E-state index in [1.54, 1.807) is 19.9 Å². The van der Waals surface area contributed by atoms with Crippen molar-refractivity contribution in [3.05, 3.63) is 29.3 Å². The summed E-state index contributed by atoms with van der Waals surface area (Å²) >= 11 is 0. The molecule has 106 valence electrons. The second-order valence-electron chi connectivity index (χ2n) is 4.40. The molecule has 1 rings (SSSR count). The molecule has 6 heteroatoms. The van der Waals surface area contributed by atoms with Crippen molar-refractivity contribution in [2.24, 2.45) is 0 Å². The molecule has 0 spiro atoms. The van der Waals surface area contributed by atoms with Crippen LogP contribution in [0, 0.1) is 6.92 Å². The molecule has 19 heavy (non-hydrogen) atoms. The Morgan fingerprint density at radius 2 is 2.05 bits per heavy atom. The van der Waals surface area contributed by atoms with E-state index < -0.39 is 16.0 Å². The van der Waals surface area contributed by atoms with Gasteiger partial charge < -0.3 is 4.74 Å². The number of esters is 1. The minimum Gasteiger partial charge on any atom is -0.465 e. The van der Waals surface area contributed by atoms with Gasteiger partial charge in [-0.2, -0.15) is 0 Å². The lowest BCUT2D eigenvalue weighted by atomic mass is 10.1. The lowest BCUT2D eigenvalue weighted by Gasteiger charge is -2.13. The van der Waals surface area contributed by atoms with Gasteiger partial charge in [0.25, 0.3) is 0 Å². The van der Waals surface area contributed by atoms with Crippen LogP contribution in [0.1, 0.15) is 36.2 Å². The van der Waals surface area contributed by atoms with Gasteiger partial charge in [-0.25, -0.2) is 17.9 Å². The summed E-state index contributed by atoms with van der Waals surface area (Å²) in [7, 11) is -2.35. The molecule has 0 aliphatic rings. The van der Waals surface area contributed by atoms with Crippen LogP contribution < -0.4 is 4.72 Å². The van der Waals surface area contributed by atoms with E-state index in [1.165, 1.54) is 19.2 Å². The maximum atomic E-state index is 12.1. The van der Waals surface area contributed by atoms with Gasteiger partial charge in [0.1, 0.15) is 0 Å². The highest BCUT2D eigenvalue weighted by Crippen LogP contribution is 2.17. The van der Waals surface area contributed by atoms with E-state index in [9.17, 15) is 13.2 Å². The zero-order chi connectivity index (χ0) is 14.6. The molecule has 5 nitrogen and oxygen atoms in total. The van der Waals surface area contributed by atoms with Gasteiger partial charge in [-0.1, -0.05) is 13.0 Å². The van der Waals surface area contributed by atoms with E-state index in [1.807, 2.05) is 6.92 Å². The van der Waals surface area contributed by atoms with Gasteiger partial charge >= 0.3 is 5.97 Å². The first-order valence-corrected chi connectivity index (χ1v) is 7.51. The summed E-state index contributed by atoms with van der Waals surface area (Å²) in [6.45, 7) is 5.40. The Kier molecular flexibility index (Phi) is 5.08. The number of carbonyl (C=O) groups is 1. The number of hydrogen-bond donors (Lipinski definition) is 1. The molecular formula is C13H19NO4S. The van der Waals surface area contributed by atoms with Gasteiger partial charge in [0.2, 0.25) is 10.0 Å². The summed E-state index contributed by atoms with van der Waals surface area (Å²) in [5.74, 6) is -0.543. The fraction of sp³-hybridized carbons (Fsp3) is 0.462. The molecule has 0 aromatic heterocycles. The van der Waals surface area contributed by atoms with Gasteiger partial charge in [0, 0.05) is 6.04 Å². The Balaban J connectivity index is 3.18. The number of nitrogens with one attached hydrogen (secondary N) is 1. The van der Waals surface area contributed by atoms with Crippen molar-refractivity contribution < 1.29 is 17.9 Å². The lowest BCUT2D eigenvalue weighted by Crippen LogP contribution is -2.32. The molecule has 0 unspecified atom stereocenters. The Labute approximate surface area is 114 Å². The molecule has 0 fully saturated rings. The number of rotatable bonds is 5. The predicted molar refractivity (Wildman–Crippen MR) is 72.6 cm³/mol. The molecule has 0 aliphatic carbocycles. The number of hydrogen-bond acceptors (Lipinski definition) is 4. The van der Waals surface area contributed by atoms with Crippen molar-refractivity contribution in [1.29, 1.82) is 0 Å². The SMILES string of the molecule is CC[C@@H](C)NS(=O)(=O)c1ccc(C)c(C(=O)OC)c1. The Hall–Kier alpha value is -1.40. The van der Waals surface area contributed by atoms with E-state index in [4.69, 9.17) is 0 Å². The Morgan fingerprint density at radius 3 is 2.58 bits per heavy atom. The van der Waals surface area contributed by atoms with E-state index in [2.05, 4.69) is 9.46 Å². The maximum absolute atomic E-state index is 12.1. The van der Waals surface area contributed by atoms with Gasteiger partial charge in [-0.3, -0.25) is 0 Å². The van der Waals surface area contributed by atoms with Gasteiger partial charge in [0.05, 0.1) is 17.6 Å². The van der Waals surface area contributed by atoms with Gasteiger partial charge in [-0.15, -0.1) is 0 Å². The zero-order valence-electron chi connectivity index (χ0n) is 11.6. The molecule has 1 N–H and O–H groups in total. The van der Waals surface area contributed by atoms with Crippen molar-refractivity contribution in [2.45, 2.75) is 38.1 Å². The quantitative estimate of drug-likeness (QED) is 0.838. The van der Waals surface area contributed by atoms with Crippen LogP contribution in [0.25, 0.3) is 0 Å². The summed E-state index contributed by atoms with van der Waals surface area (Å²) in [4.78, 5) is 11.6. The number of carbonyl (C=O) groups excluding carboxylic acids is 1. The molecule has 0 amide bonds. The van der Waals surface area contributed by atoms with Crippen molar-refractivity contribution in [3.8, 4) is 0 Å². The topological polar surface area (TPSA) is 72.5 Å². The second-order valence-corrected chi connectivity index (χ2v) is 6.11. The molecule has 0 aliphatic heterocycles. The number of ether oxygens (including phenoxy) is 1. The van der Waals surface area contributed by atoms with Gasteiger partial charge in [-0.05, 0) is 38.0 Å². The standard InChI is InChI=1S/C13H19NO4S/c1-5-10(3)14-19(16,17)11-7-6-9(2)12(8-11)13(15)18-4/h6-8,10,14H,5H2,1-4H3/t10-/m1/s1. The molecule has 0 bridgehead atoms. The third kappa shape index (κ3) is 3.78. The Morgan fingerprint density at radius 1 is 1.42 bits per heavy atom. The average molecular weight is 285 g/mol. The van der Waals surface area contributed by atoms with Crippen molar-refractivity contribution in [3.63, 3.8) is 0 Å². The largest absolute Gasteiger partial charge is 0.465 e. The van der Waals surface area contributed by atoms with E-state index >= 15 is 0 Å². The smallest absolute Gasteiger partial charge is 0.338 e. The van der Waals surface area contributed by atoms with Crippen LogP contribution in [0.3, 0.4) is 0 Å². The third-order valence-corrected chi connectivity index (χ3v) is 4.48. The van der Waals surface area contributed by atoms with Crippen LogP contribution in [-0.2, 0) is 14.8 Å².